The van der Waals surface area contributed by atoms with Crippen molar-refractivity contribution in [3.8, 4) is 11.1 Å². The molecule has 3 rings (SSSR count). The van der Waals surface area contributed by atoms with Crippen LogP contribution in [0.2, 0.25) is 0 Å². The van der Waals surface area contributed by atoms with Crippen molar-refractivity contribution in [3.63, 3.8) is 0 Å². The number of carbonyl (C=O) groups is 1. The van der Waals surface area contributed by atoms with E-state index in [4.69, 9.17) is 4.74 Å². The van der Waals surface area contributed by atoms with Crippen molar-refractivity contribution in [1.29, 1.82) is 0 Å². The van der Waals surface area contributed by atoms with Crippen molar-refractivity contribution in [1.82, 2.24) is 4.90 Å². The summed E-state index contributed by atoms with van der Waals surface area (Å²) in [7, 11) is 0. The molecule has 0 aromatic heterocycles. The van der Waals surface area contributed by atoms with Crippen LogP contribution in [0.5, 0.6) is 0 Å². The fraction of sp³-hybridized carbons (Fsp3) is 0.235. The van der Waals surface area contributed by atoms with Crippen LogP contribution in [-0.2, 0) is 4.74 Å². The minimum absolute atomic E-state index is 0.0350. The smallest absolute Gasteiger partial charge is 0.255 e. The minimum Gasteiger partial charge on any atom is -0.357 e. The van der Waals surface area contributed by atoms with Crippen LogP contribution in [0.25, 0.3) is 11.1 Å². The van der Waals surface area contributed by atoms with Crippen molar-refractivity contribution in [3.05, 3.63) is 60.2 Å². The van der Waals surface area contributed by atoms with Gasteiger partial charge in [0.2, 0.25) is 0 Å². The highest BCUT2D eigenvalue weighted by molar-refractivity contribution is 5.95. The molecular formula is C17H17NO2. The van der Waals surface area contributed by atoms with Crippen molar-refractivity contribution in [2.75, 3.05) is 13.2 Å². The van der Waals surface area contributed by atoms with Gasteiger partial charge in [0.15, 0.2) is 0 Å². The van der Waals surface area contributed by atoms with E-state index in [9.17, 15) is 4.79 Å². The molecule has 0 N–H and O–H groups in total. The molecule has 0 radical (unpaired) electrons. The third kappa shape index (κ3) is 2.45. The Morgan fingerprint density at radius 3 is 2.55 bits per heavy atom. The molecule has 20 heavy (non-hydrogen) atoms. The van der Waals surface area contributed by atoms with Gasteiger partial charge in [-0.25, -0.2) is 0 Å². The molecule has 1 aliphatic rings. The number of hydrogen-bond acceptors (Lipinski definition) is 2. The zero-order chi connectivity index (χ0) is 13.9. The van der Waals surface area contributed by atoms with Gasteiger partial charge in [-0.15, -0.1) is 0 Å². The van der Waals surface area contributed by atoms with Crippen LogP contribution >= 0.6 is 0 Å². The first-order valence-corrected chi connectivity index (χ1v) is 6.84. The molecule has 1 atom stereocenters. The quantitative estimate of drug-likeness (QED) is 0.836. The lowest BCUT2D eigenvalue weighted by atomic mass is 10.0. The molecule has 1 unspecified atom stereocenters. The Morgan fingerprint density at radius 2 is 1.85 bits per heavy atom. The fourth-order valence-corrected chi connectivity index (χ4v) is 2.49. The molecule has 0 aliphatic carbocycles. The minimum atomic E-state index is -0.136. The number of hydrogen-bond donors (Lipinski definition) is 0. The van der Waals surface area contributed by atoms with Gasteiger partial charge in [0.1, 0.15) is 6.23 Å². The van der Waals surface area contributed by atoms with Crippen molar-refractivity contribution >= 4 is 5.91 Å². The average molecular weight is 267 g/mol. The summed E-state index contributed by atoms with van der Waals surface area (Å²) in [5.74, 6) is 0.0350. The summed E-state index contributed by atoms with van der Waals surface area (Å²) in [6.45, 7) is 3.19. The number of ether oxygens (including phenoxy) is 1. The topological polar surface area (TPSA) is 29.5 Å². The van der Waals surface area contributed by atoms with Crippen LogP contribution in [0.3, 0.4) is 0 Å². The van der Waals surface area contributed by atoms with Crippen molar-refractivity contribution in [2.24, 2.45) is 0 Å². The van der Waals surface area contributed by atoms with Crippen LogP contribution in [-0.4, -0.2) is 30.2 Å². The third-order valence-electron chi connectivity index (χ3n) is 3.61. The third-order valence-corrected chi connectivity index (χ3v) is 3.61. The Labute approximate surface area is 118 Å². The van der Waals surface area contributed by atoms with Gasteiger partial charge in [0.05, 0.1) is 6.61 Å². The largest absolute Gasteiger partial charge is 0.357 e. The summed E-state index contributed by atoms with van der Waals surface area (Å²) in [6, 6.07) is 17.8. The second-order valence-electron chi connectivity index (χ2n) is 4.92. The maximum Gasteiger partial charge on any atom is 0.255 e. The van der Waals surface area contributed by atoms with Crippen LogP contribution < -0.4 is 0 Å². The molecule has 0 spiro atoms. The molecule has 0 saturated carbocycles. The number of rotatable bonds is 2. The van der Waals surface area contributed by atoms with E-state index in [0.717, 1.165) is 11.1 Å². The first-order valence-electron chi connectivity index (χ1n) is 6.84. The number of benzene rings is 2. The van der Waals surface area contributed by atoms with Crippen LogP contribution in [0.1, 0.15) is 17.3 Å². The van der Waals surface area contributed by atoms with E-state index in [-0.39, 0.29) is 12.1 Å². The van der Waals surface area contributed by atoms with E-state index in [1.807, 2.05) is 61.5 Å². The lowest BCUT2D eigenvalue weighted by molar-refractivity contribution is 0.0378. The maximum absolute atomic E-state index is 12.5. The van der Waals surface area contributed by atoms with E-state index in [1.54, 1.807) is 4.90 Å². The van der Waals surface area contributed by atoms with E-state index in [1.165, 1.54) is 0 Å². The lowest BCUT2D eigenvalue weighted by Gasteiger charge is -2.20. The molecule has 0 bridgehead atoms. The molecule has 1 heterocycles. The Kier molecular flexibility index (Phi) is 3.52. The van der Waals surface area contributed by atoms with Gasteiger partial charge in [0.25, 0.3) is 5.91 Å². The zero-order valence-electron chi connectivity index (χ0n) is 11.5. The van der Waals surface area contributed by atoms with E-state index < -0.39 is 0 Å². The summed E-state index contributed by atoms with van der Waals surface area (Å²) < 4.78 is 5.43. The standard InChI is InChI=1S/C17H17NO2/c1-13-18(10-11-20-13)17(19)16-9-5-8-15(12-16)14-6-3-2-4-7-14/h2-9,12-13H,10-11H2,1H3. The molecule has 1 amide bonds. The second kappa shape index (κ2) is 5.47. The van der Waals surface area contributed by atoms with Crippen LogP contribution in [0.4, 0.5) is 0 Å². The summed E-state index contributed by atoms with van der Waals surface area (Å²) >= 11 is 0. The zero-order valence-corrected chi connectivity index (χ0v) is 11.5. The van der Waals surface area contributed by atoms with Crippen molar-refractivity contribution in [2.45, 2.75) is 13.2 Å². The Balaban J connectivity index is 1.90. The predicted molar refractivity (Wildman–Crippen MR) is 78.3 cm³/mol. The predicted octanol–water partition coefficient (Wildman–Crippen LogP) is 3.17. The molecule has 1 aliphatic heterocycles. The highest BCUT2D eigenvalue weighted by Crippen LogP contribution is 2.22. The maximum atomic E-state index is 12.5. The fourth-order valence-electron chi connectivity index (χ4n) is 2.49. The molecule has 3 nitrogen and oxygen atoms in total. The highest BCUT2D eigenvalue weighted by Gasteiger charge is 2.26. The molecule has 2 aromatic rings. The van der Waals surface area contributed by atoms with Gasteiger partial charge in [-0.3, -0.25) is 4.79 Å². The van der Waals surface area contributed by atoms with Gasteiger partial charge in [0, 0.05) is 12.1 Å². The summed E-state index contributed by atoms with van der Waals surface area (Å²) in [5, 5.41) is 0. The first kappa shape index (κ1) is 12.9. The number of carbonyl (C=O) groups excluding carboxylic acids is 1. The van der Waals surface area contributed by atoms with Crippen LogP contribution in [0.15, 0.2) is 54.6 Å². The molecule has 2 aromatic carbocycles. The molecule has 3 heteroatoms. The molecule has 1 fully saturated rings. The number of nitrogens with zero attached hydrogens (tertiary/aromatic N) is 1. The SMILES string of the molecule is CC1OCCN1C(=O)c1cccc(-c2ccccc2)c1. The van der Waals surface area contributed by atoms with Gasteiger partial charge >= 0.3 is 0 Å². The molecule has 1 saturated heterocycles. The van der Waals surface area contributed by atoms with Gasteiger partial charge in [-0.1, -0.05) is 42.5 Å². The Morgan fingerprint density at radius 1 is 1.10 bits per heavy atom. The van der Waals surface area contributed by atoms with E-state index >= 15 is 0 Å². The monoisotopic (exact) mass is 267 g/mol. The summed E-state index contributed by atoms with van der Waals surface area (Å²) in [6.07, 6.45) is -0.136. The Hall–Kier alpha value is -2.13. The van der Waals surface area contributed by atoms with E-state index in [2.05, 4.69) is 0 Å². The normalized spacial score (nSPS) is 18.2. The van der Waals surface area contributed by atoms with Gasteiger partial charge < -0.3 is 9.64 Å². The van der Waals surface area contributed by atoms with Gasteiger partial charge in [-0.05, 0) is 30.2 Å². The lowest BCUT2D eigenvalue weighted by Crippen LogP contribution is -2.34. The highest BCUT2D eigenvalue weighted by atomic mass is 16.5. The molecule has 102 valence electrons. The summed E-state index contributed by atoms with van der Waals surface area (Å²) in [4.78, 5) is 14.3. The average Bonchev–Trinajstić information content (AvgIpc) is 2.94. The van der Waals surface area contributed by atoms with Gasteiger partial charge in [-0.2, -0.15) is 0 Å². The first-order chi connectivity index (χ1) is 9.75. The van der Waals surface area contributed by atoms with Crippen molar-refractivity contribution < 1.29 is 9.53 Å². The molecular weight excluding hydrogens is 250 g/mol. The van der Waals surface area contributed by atoms with Crippen LogP contribution in [0, 0.1) is 0 Å². The van der Waals surface area contributed by atoms with E-state index in [0.29, 0.717) is 18.7 Å². The number of amides is 1. The summed E-state index contributed by atoms with van der Waals surface area (Å²) in [5.41, 5.74) is 2.89. The Bertz CT molecular complexity index is 609. The second-order valence-corrected chi connectivity index (χ2v) is 4.92.